The van der Waals surface area contributed by atoms with Crippen LogP contribution in [0.25, 0.3) is 0 Å². The molecule has 2 atom stereocenters. The molecule has 1 heterocycles. The highest BCUT2D eigenvalue weighted by Crippen LogP contribution is 2.29. The predicted molar refractivity (Wildman–Crippen MR) is 76.2 cm³/mol. The van der Waals surface area contributed by atoms with Crippen molar-refractivity contribution in [2.24, 2.45) is 5.92 Å². The molecule has 0 N–H and O–H groups in total. The second-order valence-electron chi connectivity index (χ2n) is 4.53. The Morgan fingerprint density at radius 3 is 2.65 bits per heavy atom. The van der Waals surface area contributed by atoms with Crippen LogP contribution in [0, 0.1) is 5.92 Å². The molecule has 0 bridgehead atoms. The van der Waals surface area contributed by atoms with E-state index in [0.717, 1.165) is 16.8 Å². The third kappa shape index (κ3) is 2.86. The topological polar surface area (TPSA) is 20.3 Å². The molecule has 0 radical (unpaired) electrons. The fraction of sp³-hybridized carbons (Fsp3) is 0.462. The maximum Gasteiger partial charge on any atom is 0.223 e. The Morgan fingerprint density at radius 2 is 2.12 bits per heavy atom. The SMILES string of the molecule is CC(c1ccc(Br)cc1)N1CC(CS)CC1=O. The summed E-state index contributed by atoms with van der Waals surface area (Å²) in [6.07, 6.45) is 0.643. The summed E-state index contributed by atoms with van der Waals surface area (Å²) in [4.78, 5) is 13.9. The quantitative estimate of drug-likeness (QED) is 0.849. The number of hydrogen-bond donors (Lipinski definition) is 1. The molecule has 0 saturated carbocycles. The molecule has 1 aromatic rings. The third-order valence-electron chi connectivity index (χ3n) is 3.32. The van der Waals surface area contributed by atoms with E-state index in [1.807, 2.05) is 17.0 Å². The zero-order chi connectivity index (χ0) is 12.4. The second-order valence-corrected chi connectivity index (χ2v) is 5.81. The van der Waals surface area contributed by atoms with E-state index >= 15 is 0 Å². The van der Waals surface area contributed by atoms with Crippen LogP contribution in [0.2, 0.25) is 0 Å². The molecule has 2 unspecified atom stereocenters. The minimum Gasteiger partial charge on any atom is -0.336 e. The molecule has 1 aliphatic heterocycles. The van der Waals surface area contributed by atoms with Crippen LogP contribution in [0.4, 0.5) is 0 Å². The number of nitrogens with zero attached hydrogens (tertiary/aromatic N) is 1. The van der Waals surface area contributed by atoms with E-state index in [9.17, 15) is 4.79 Å². The molecule has 0 aliphatic carbocycles. The standard InChI is InChI=1S/C13H16BrNOS/c1-9(11-2-4-12(14)5-3-11)15-7-10(8-17)6-13(15)16/h2-5,9-10,17H,6-8H2,1H3. The maximum absolute atomic E-state index is 11.9. The number of hydrogen-bond acceptors (Lipinski definition) is 2. The maximum atomic E-state index is 11.9. The van der Waals surface area contributed by atoms with Crippen molar-refractivity contribution in [2.45, 2.75) is 19.4 Å². The zero-order valence-corrected chi connectivity index (χ0v) is 12.2. The van der Waals surface area contributed by atoms with Gasteiger partial charge in [0.2, 0.25) is 5.91 Å². The van der Waals surface area contributed by atoms with E-state index in [-0.39, 0.29) is 11.9 Å². The number of amides is 1. The van der Waals surface area contributed by atoms with Gasteiger partial charge in [-0.15, -0.1) is 0 Å². The van der Waals surface area contributed by atoms with Crippen LogP contribution >= 0.6 is 28.6 Å². The highest BCUT2D eigenvalue weighted by atomic mass is 79.9. The first-order valence-electron chi connectivity index (χ1n) is 5.77. The van der Waals surface area contributed by atoms with Gasteiger partial charge < -0.3 is 4.90 Å². The predicted octanol–water partition coefficient (Wildman–Crippen LogP) is 3.29. The van der Waals surface area contributed by atoms with Crippen molar-refractivity contribution in [2.75, 3.05) is 12.3 Å². The van der Waals surface area contributed by atoms with Gasteiger partial charge in [0, 0.05) is 17.4 Å². The normalized spacial score (nSPS) is 21.9. The van der Waals surface area contributed by atoms with Crippen molar-refractivity contribution < 1.29 is 4.79 Å². The van der Waals surface area contributed by atoms with Crippen LogP contribution in [0.3, 0.4) is 0 Å². The van der Waals surface area contributed by atoms with E-state index < -0.39 is 0 Å². The molecule has 1 fully saturated rings. The first-order chi connectivity index (χ1) is 8.11. The van der Waals surface area contributed by atoms with E-state index in [2.05, 4.69) is 47.6 Å². The number of carbonyl (C=O) groups excluding carboxylic acids is 1. The van der Waals surface area contributed by atoms with Crippen molar-refractivity contribution >= 4 is 34.5 Å². The average molecular weight is 314 g/mol. The number of halogens is 1. The number of thiol groups is 1. The van der Waals surface area contributed by atoms with Crippen LogP contribution in [-0.2, 0) is 4.79 Å². The first kappa shape index (κ1) is 13.0. The lowest BCUT2D eigenvalue weighted by molar-refractivity contribution is -0.129. The molecular formula is C13H16BrNOS. The molecule has 92 valence electrons. The van der Waals surface area contributed by atoms with Crippen LogP contribution in [0.15, 0.2) is 28.7 Å². The molecule has 0 spiro atoms. The Labute approximate surface area is 116 Å². The molecule has 1 saturated heterocycles. The smallest absolute Gasteiger partial charge is 0.223 e. The van der Waals surface area contributed by atoms with Gasteiger partial charge in [0.05, 0.1) is 6.04 Å². The van der Waals surface area contributed by atoms with E-state index in [1.165, 1.54) is 5.56 Å². The van der Waals surface area contributed by atoms with Gasteiger partial charge in [0.15, 0.2) is 0 Å². The van der Waals surface area contributed by atoms with E-state index in [0.29, 0.717) is 12.3 Å². The van der Waals surface area contributed by atoms with Gasteiger partial charge in [-0.25, -0.2) is 0 Å². The van der Waals surface area contributed by atoms with Gasteiger partial charge in [-0.05, 0) is 36.3 Å². The molecule has 0 aromatic heterocycles. The van der Waals surface area contributed by atoms with E-state index in [1.54, 1.807) is 0 Å². The molecular weight excluding hydrogens is 298 g/mol. The van der Waals surface area contributed by atoms with Gasteiger partial charge >= 0.3 is 0 Å². The minimum absolute atomic E-state index is 0.153. The summed E-state index contributed by atoms with van der Waals surface area (Å²) in [7, 11) is 0. The monoisotopic (exact) mass is 313 g/mol. The summed E-state index contributed by atoms with van der Waals surface area (Å²) in [5, 5.41) is 0. The van der Waals surface area contributed by atoms with E-state index in [4.69, 9.17) is 0 Å². The van der Waals surface area contributed by atoms with Gasteiger partial charge in [-0.1, -0.05) is 28.1 Å². The average Bonchev–Trinajstić information content (AvgIpc) is 2.71. The van der Waals surface area contributed by atoms with Gasteiger partial charge in [0.25, 0.3) is 0 Å². The van der Waals surface area contributed by atoms with Crippen LogP contribution in [-0.4, -0.2) is 23.1 Å². The van der Waals surface area contributed by atoms with Crippen LogP contribution < -0.4 is 0 Å². The van der Waals surface area contributed by atoms with Crippen molar-refractivity contribution in [3.63, 3.8) is 0 Å². The second kappa shape index (κ2) is 5.44. The Kier molecular flexibility index (Phi) is 4.15. The van der Waals surface area contributed by atoms with Crippen molar-refractivity contribution in [1.82, 2.24) is 4.90 Å². The number of carbonyl (C=O) groups is 1. The summed E-state index contributed by atoms with van der Waals surface area (Å²) in [5.74, 6) is 1.44. The van der Waals surface area contributed by atoms with Crippen molar-refractivity contribution in [3.05, 3.63) is 34.3 Å². The molecule has 1 aliphatic rings. The number of likely N-dealkylation sites (tertiary alicyclic amines) is 1. The fourth-order valence-corrected chi connectivity index (χ4v) is 2.74. The summed E-state index contributed by atoms with van der Waals surface area (Å²) in [5.41, 5.74) is 1.18. The van der Waals surface area contributed by atoms with Gasteiger partial charge in [-0.3, -0.25) is 4.79 Å². The molecule has 2 nitrogen and oxygen atoms in total. The Hall–Kier alpha value is -0.480. The first-order valence-corrected chi connectivity index (χ1v) is 7.20. The molecule has 1 aromatic carbocycles. The van der Waals surface area contributed by atoms with Gasteiger partial charge in [0.1, 0.15) is 0 Å². The summed E-state index contributed by atoms with van der Waals surface area (Å²) < 4.78 is 1.06. The number of benzene rings is 1. The summed E-state index contributed by atoms with van der Waals surface area (Å²) in [6, 6.07) is 8.32. The summed E-state index contributed by atoms with van der Waals surface area (Å²) >= 11 is 7.70. The summed E-state index contributed by atoms with van der Waals surface area (Å²) in [6.45, 7) is 2.92. The minimum atomic E-state index is 0.153. The molecule has 17 heavy (non-hydrogen) atoms. The highest BCUT2D eigenvalue weighted by molar-refractivity contribution is 9.10. The number of rotatable bonds is 3. The third-order valence-corrected chi connectivity index (χ3v) is 4.36. The molecule has 1 amide bonds. The van der Waals surface area contributed by atoms with Crippen LogP contribution in [0.1, 0.15) is 24.9 Å². The van der Waals surface area contributed by atoms with Crippen molar-refractivity contribution in [1.29, 1.82) is 0 Å². The molecule has 2 rings (SSSR count). The zero-order valence-electron chi connectivity index (χ0n) is 9.77. The van der Waals surface area contributed by atoms with Crippen LogP contribution in [0.5, 0.6) is 0 Å². The Balaban J connectivity index is 2.12. The lowest BCUT2D eigenvalue weighted by atomic mass is 10.1. The van der Waals surface area contributed by atoms with Crippen molar-refractivity contribution in [3.8, 4) is 0 Å². The highest BCUT2D eigenvalue weighted by Gasteiger charge is 2.32. The van der Waals surface area contributed by atoms with Gasteiger partial charge in [-0.2, -0.15) is 12.6 Å². The lowest BCUT2D eigenvalue weighted by Gasteiger charge is -2.25. The molecule has 4 heteroatoms. The largest absolute Gasteiger partial charge is 0.336 e. The lowest BCUT2D eigenvalue weighted by Crippen LogP contribution is -2.28. The fourth-order valence-electron chi connectivity index (χ4n) is 2.23. The Morgan fingerprint density at radius 1 is 1.47 bits per heavy atom. The Bertz CT molecular complexity index is 406.